The summed E-state index contributed by atoms with van der Waals surface area (Å²) in [5.41, 5.74) is 0.943. The normalized spacial score (nSPS) is 10.4. The molecule has 0 aliphatic rings. The Morgan fingerprint density at radius 2 is 1.79 bits per heavy atom. The maximum absolute atomic E-state index is 13.6. The number of benzene rings is 2. The van der Waals surface area contributed by atoms with Crippen LogP contribution in [0.15, 0.2) is 40.9 Å². The number of hydrogen-bond donors (Lipinski definition) is 1. The Bertz CT molecular complexity index is 776. The quantitative estimate of drug-likeness (QED) is 0.847. The third kappa shape index (κ3) is 4.17. The minimum atomic E-state index is -0.880. The number of amides is 2. The maximum Gasteiger partial charge on any atom is 0.244 e. The SMILES string of the molecule is CC(=O)N(CC(=O)Nc1c(F)cccc1F)c1ccc(C)cc1Br. The fourth-order valence-electron chi connectivity index (χ4n) is 2.14. The van der Waals surface area contributed by atoms with E-state index in [1.165, 1.54) is 17.9 Å². The molecule has 126 valence electrons. The molecule has 0 aliphatic carbocycles. The van der Waals surface area contributed by atoms with Gasteiger partial charge in [0.2, 0.25) is 11.8 Å². The predicted octanol–water partition coefficient (Wildman–Crippen LogP) is 4.03. The standard InChI is InChI=1S/C17H15BrF2N2O2/c1-10-6-7-15(12(18)8-10)22(11(2)23)9-16(24)21-17-13(19)4-3-5-14(17)20/h3-8H,9H2,1-2H3,(H,21,24). The zero-order valence-electron chi connectivity index (χ0n) is 13.1. The Kier molecular flexibility index (Phi) is 5.66. The lowest BCUT2D eigenvalue weighted by Gasteiger charge is -2.22. The molecule has 4 nitrogen and oxygen atoms in total. The van der Waals surface area contributed by atoms with Crippen LogP contribution in [-0.4, -0.2) is 18.4 Å². The van der Waals surface area contributed by atoms with Gasteiger partial charge in [-0.3, -0.25) is 9.59 Å². The van der Waals surface area contributed by atoms with E-state index in [1.807, 2.05) is 6.92 Å². The predicted molar refractivity (Wildman–Crippen MR) is 91.9 cm³/mol. The number of nitrogens with zero attached hydrogens (tertiary/aromatic N) is 1. The van der Waals surface area contributed by atoms with Crippen molar-refractivity contribution < 1.29 is 18.4 Å². The second-order valence-corrected chi connectivity index (χ2v) is 6.06. The van der Waals surface area contributed by atoms with E-state index < -0.39 is 23.2 Å². The first-order valence-corrected chi connectivity index (χ1v) is 7.87. The second-order valence-electron chi connectivity index (χ2n) is 5.20. The van der Waals surface area contributed by atoms with Crippen LogP contribution in [-0.2, 0) is 9.59 Å². The van der Waals surface area contributed by atoms with Crippen molar-refractivity contribution in [3.63, 3.8) is 0 Å². The van der Waals surface area contributed by atoms with Crippen LogP contribution in [0.3, 0.4) is 0 Å². The summed E-state index contributed by atoms with van der Waals surface area (Å²) in [5.74, 6) is -2.84. The molecule has 0 spiro atoms. The number of hydrogen-bond acceptors (Lipinski definition) is 2. The summed E-state index contributed by atoms with van der Waals surface area (Å²) in [7, 11) is 0. The lowest BCUT2D eigenvalue weighted by molar-refractivity contribution is -0.120. The number of nitrogens with one attached hydrogen (secondary N) is 1. The van der Waals surface area contributed by atoms with Crippen molar-refractivity contribution in [2.24, 2.45) is 0 Å². The molecule has 2 aromatic rings. The zero-order valence-corrected chi connectivity index (χ0v) is 14.7. The topological polar surface area (TPSA) is 49.4 Å². The molecular formula is C17H15BrF2N2O2. The van der Waals surface area contributed by atoms with Crippen LogP contribution >= 0.6 is 15.9 Å². The highest BCUT2D eigenvalue weighted by Gasteiger charge is 2.20. The number of anilines is 2. The summed E-state index contributed by atoms with van der Waals surface area (Å²) in [5, 5.41) is 2.17. The van der Waals surface area contributed by atoms with Crippen LogP contribution in [0.2, 0.25) is 0 Å². The lowest BCUT2D eigenvalue weighted by atomic mass is 10.2. The molecule has 0 radical (unpaired) electrons. The van der Waals surface area contributed by atoms with Gasteiger partial charge in [-0.25, -0.2) is 8.78 Å². The molecule has 2 aromatic carbocycles. The van der Waals surface area contributed by atoms with Crippen molar-refractivity contribution in [1.82, 2.24) is 0 Å². The molecule has 2 amide bonds. The molecule has 0 saturated carbocycles. The third-order valence-corrected chi connectivity index (χ3v) is 3.94. The van der Waals surface area contributed by atoms with Gasteiger partial charge in [0.05, 0.1) is 5.69 Å². The Morgan fingerprint density at radius 3 is 2.33 bits per heavy atom. The average molecular weight is 397 g/mol. The van der Waals surface area contributed by atoms with E-state index >= 15 is 0 Å². The van der Waals surface area contributed by atoms with Crippen LogP contribution in [0, 0.1) is 18.6 Å². The second kappa shape index (κ2) is 7.53. The van der Waals surface area contributed by atoms with Crippen molar-refractivity contribution in [2.45, 2.75) is 13.8 Å². The van der Waals surface area contributed by atoms with Crippen molar-refractivity contribution in [3.8, 4) is 0 Å². The zero-order chi connectivity index (χ0) is 17.9. The number of carbonyl (C=O) groups is 2. The fourth-order valence-corrected chi connectivity index (χ4v) is 2.84. The number of rotatable bonds is 4. The van der Waals surface area contributed by atoms with Gasteiger partial charge in [-0.15, -0.1) is 0 Å². The highest BCUT2D eigenvalue weighted by molar-refractivity contribution is 9.10. The Labute approximate surface area is 146 Å². The molecule has 0 heterocycles. The number of para-hydroxylation sites is 1. The first-order valence-electron chi connectivity index (χ1n) is 7.07. The summed E-state index contributed by atoms with van der Waals surface area (Å²) in [6.07, 6.45) is 0. The van der Waals surface area contributed by atoms with Crippen LogP contribution in [0.5, 0.6) is 0 Å². The monoisotopic (exact) mass is 396 g/mol. The Morgan fingerprint density at radius 1 is 1.17 bits per heavy atom. The van der Waals surface area contributed by atoms with E-state index in [-0.39, 0.29) is 12.5 Å². The van der Waals surface area contributed by atoms with E-state index in [0.717, 1.165) is 17.7 Å². The molecular weight excluding hydrogens is 382 g/mol. The minimum absolute atomic E-state index is 0.370. The molecule has 0 fully saturated rings. The van der Waals surface area contributed by atoms with Gasteiger partial charge in [-0.2, -0.15) is 0 Å². The number of aryl methyl sites for hydroxylation is 1. The summed E-state index contributed by atoms with van der Waals surface area (Å²) < 4.78 is 27.8. The highest BCUT2D eigenvalue weighted by atomic mass is 79.9. The van der Waals surface area contributed by atoms with E-state index in [4.69, 9.17) is 0 Å². The van der Waals surface area contributed by atoms with E-state index in [0.29, 0.717) is 10.2 Å². The summed E-state index contributed by atoms with van der Waals surface area (Å²) >= 11 is 3.35. The van der Waals surface area contributed by atoms with Gasteiger partial charge < -0.3 is 10.2 Å². The van der Waals surface area contributed by atoms with Crippen molar-refractivity contribution in [1.29, 1.82) is 0 Å². The molecule has 0 saturated heterocycles. The highest BCUT2D eigenvalue weighted by Crippen LogP contribution is 2.27. The van der Waals surface area contributed by atoms with Gasteiger partial charge in [0, 0.05) is 11.4 Å². The van der Waals surface area contributed by atoms with Gasteiger partial charge in [-0.05, 0) is 52.7 Å². The van der Waals surface area contributed by atoms with Crippen molar-refractivity contribution in [2.75, 3.05) is 16.8 Å². The third-order valence-electron chi connectivity index (χ3n) is 3.30. The minimum Gasteiger partial charge on any atom is -0.320 e. The van der Waals surface area contributed by atoms with Gasteiger partial charge in [-0.1, -0.05) is 12.1 Å². The van der Waals surface area contributed by atoms with Crippen LogP contribution in [0.1, 0.15) is 12.5 Å². The lowest BCUT2D eigenvalue weighted by Crippen LogP contribution is -2.37. The van der Waals surface area contributed by atoms with Crippen LogP contribution in [0.4, 0.5) is 20.2 Å². The number of carbonyl (C=O) groups excluding carboxylic acids is 2. The summed E-state index contributed by atoms with van der Waals surface area (Å²) in [4.78, 5) is 25.2. The molecule has 0 atom stereocenters. The first-order chi connectivity index (χ1) is 11.3. The molecule has 0 aromatic heterocycles. The van der Waals surface area contributed by atoms with E-state index in [2.05, 4.69) is 21.2 Å². The summed E-state index contributed by atoms with van der Waals surface area (Å²) in [6, 6.07) is 8.57. The summed E-state index contributed by atoms with van der Waals surface area (Å²) in [6.45, 7) is 2.83. The van der Waals surface area contributed by atoms with E-state index in [1.54, 1.807) is 18.2 Å². The van der Waals surface area contributed by atoms with Crippen LogP contribution in [0.25, 0.3) is 0 Å². The fraction of sp³-hybridized carbons (Fsp3) is 0.176. The van der Waals surface area contributed by atoms with E-state index in [9.17, 15) is 18.4 Å². The van der Waals surface area contributed by atoms with Gasteiger partial charge in [0.15, 0.2) is 0 Å². The Hall–Kier alpha value is -2.28. The van der Waals surface area contributed by atoms with Crippen LogP contribution < -0.4 is 10.2 Å². The average Bonchev–Trinajstić information content (AvgIpc) is 2.49. The molecule has 7 heteroatoms. The molecule has 0 unspecified atom stereocenters. The van der Waals surface area contributed by atoms with Crippen molar-refractivity contribution >= 4 is 39.1 Å². The molecule has 1 N–H and O–H groups in total. The number of halogens is 3. The largest absolute Gasteiger partial charge is 0.320 e. The Balaban J connectivity index is 2.22. The molecule has 0 bridgehead atoms. The van der Waals surface area contributed by atoms with Gasteiger partial charge in [0.25, 0.3) is 0 Å². The van der Waals surface area contributed by atoms with Gasteiger partial charge in [0.1, 0.15) is 23.9 Å². The smallest absolute Gasteiger partial charge is 0.244 e. The maximum atomic E-state index is 13.6. The van der Waals surface area contributed by atoms with Gasteiger partial charge >= 0.3 is 0 Å². The molecule has 0 aliphatic heterocycles. The first kappa shape index (κ1) is 18.1. The molecule has 24 heavy (non-hydrogen) atoms. The molecule has 2 rings (SSSR count). The van der Waals surface area contributed by atoms with Crippen molar-refractivity contribution in [3.05, 3.63) is 58.1 Å².